The fourth-order valence-electron chi connectivity index (χ4n) is 2.27. The van der Waals surface area contributed by atoms with Gasteiger partial charge in [0.1, 0.15) is 5.54 Å². The molecular weight excluding hydrogens is 228 g/mol. The smallest absolute Gasteiger partial charge is 0.323 e. The topological polar surface area (TPSA) is 52.6 Å². The molecule has 18 heavy (non-hydrogen) atoms. The van der Waals surface area contributed by atoms with Gasteiger partial charge in [0, 0.05) is 6.04 Å². The van der Waals surface area contributed by atoms with E-state index in [4.69, 9.17) is 5.11 Å². The van der Waals surface area contributed by atoms with E-state index >= 15 is 0 Å². The van der Waals surface area contributed by atoms with Crippen molar-refractivity contribution in [3.63, 3.8) is 0 Å². The number of nitrogens with zero attached hydrogens (tertiary/aromatic N) is 1. The molecule has 0 spiro atoms. The lowest BCUT2D eigenvalue weighted by Crippen LogP contribution is -2.47. The van der Waals surface area contributed by atoms with E-state index in [0.29, 0.717) is 12.5 Å². The Morgan fingerprint density at radius 2 is 1.89 bits per heavy atom. The highest BCUT2D eigenvalue weighted by Gasteiger charge is 2.30. The molecule has 0 bridgehead atoms. The summed E-state index contributed by atoms with van der Waals surface area (Å²) in [5, 5.41) is 12.0. The van der Waals surface area contributed by atoms with Gasteiger partial charge in [0.2, 0.25) is 0 Å². The number of likely N-dealkylation sites (N-methyl/N-ethyl adjacent to an activating group) is 1. The zero-order chi connectivity index (χ0) is 14.2. The van der Waals surface area contributed by atoms with Crippen LogP contribution in [0.1, 0.15) is 52.9 Å². The summed E-state index contributed by atoms with van der Waals surface area (Å²) in [6, 6.07) is 0.653. The minimum Gasteiger partial charge on any atom is -0.480 e. The van der Waals surface area contributed by atoms with Gasteiger partial charge in [-0.05, 0) is 59.7 Å². The maximum absolute atomic E-state index is 11.1. The van der Waals surface area contributed by atoms with E-state index < -0.39 is 11.5 Å². The minimum absolute atomic E-state index is 0.653. The number of rotatable bonds is 10. The van der Waals surface area contributed by atoms with Crippen LogP contribution in [-0.2, 0) is 4.79 Å². The van der Waals surface area contributed by atoms with Crippen molar-refractivity contribution in [2.75, 3.05) is 20.6 Å². The first kappa shape index (κ1) is 17.4. The Labute approximate surface area is 112 Å². The lowest BCUT2D eigenvalue weighted by molar-refractivity contribution is -0.144. The van der Waals surface area contributed by atoms with Gasteiger partial charge in [-0.15, -0.1) is 0 Å². The average molecular weight is 258 g/mol. The summed E-state index contributed by atoms with van der Waals surface area (Å²) in [5.41, 5.74) is -0.784. The zero-order valence-electron chi connectivity index (χ0n) is 12.6. The molecule has 0 saturated carbocycles. The molecule has 0 aromatic rings. The number of hydrogen-bond acceptors (Lipinski definition) is 3. The van der Waals surface area contributed by atoms with Crippen LogP contribution in [-0.4, -0.2) is 48.2 Å². The first-order valence-corrected chi connectivity index (χ1v) is 7.03. The van der Waals surface area contributed by atoms with E-state index in [-0.39, 0.29) is 0 Å². The average Bonchev–Trinajstić information content (AvgIpc) is 2.35. The van der Waals surface area contributed by atoms with E-state index in [0.717, 1.165) is 19.4 Å². The number of carboxylic acids is 1. The van der Waals surface area contributed by atoms with Gasteiger partial charge in [-0.3, -0.25) is 4.79 Å². The van der Waals surface area contributed by atoms with Crippen molar-refractivity contribution in [3.05, 3.63) is 0 Å². The zero-order valence-corrected chi connectivity index (χ0v) is 12.6. The minimum atomic E-state index is -0.784. The molecule has 0 rings (SSSR count). The molecule has 1 unspecified atom stereocenters. The van der Waals surface area contributed by atoms with Gasteiger partial charge in [0.15, 0.2) is 0 Å². The predicted octanol–water partition coefficient (Wildman–Crippen LogP) is 2.34. The van der Waals surface area contributed by atoms with Crippen molar-refractivity contribution in [3.8, 4) is 0 Å². The SMILES string of the molecule is CCC(CC)N(C)CCCCC(C)(NC)C(=O)O. The summed E-state index contributed by atoms with van der Waals surface area (Å²) < 4.78 is 0. The molecule has 0 heterocycles. The highest BCUT2D eigenvalue weighted by molar-refractivity contribution is 5.78. The molecule has 0 radical (unpaired) electrons. The van der Waals surface area contributed by atoms with Crippen LogP contribution in [0.15, 0.2) is 0 Å². The molecule has 108 valence electrons. The van der Waals surface area contributed by atoms with Gasteiger partial charge in [-0.2, -0.15) is 0 Å². The number of hydrogen-bond donors (Lipinski definition) is 2. The largest absolute Gasteiger partial charge is 0.480 e. The second kappa shape index (κ2) is 8.48. The summed E-state index contributed by atoms with van der Waals surface area (Å²) >= 11 is 0. The standard InChI is InChI=1S/C14H30N2O2/c1-6-12(7-2)16(5)11-9-8-10-14(3,15-4)13(17)18/h12,15H,6-11H2,1-5H3,(H,17,18). The lowest BCUT2D eigenvalue weighted by Gasteiger charge is -2.27. The van der Waals surface area contributed by atoms with Crippen molar-refractivity contribution >= 4 is 5.97 Å². The number of unbranched alkanes of at least 4 members (excludes halogenated alkanes) is 1. The van der Waals surface area contributed by atoms with Crippen LogP contribution in [0.25, 0.3) is 0 Å². The second-order valence-electron chi connectivity index (χ2n) is 5.30. The van der Waals surface area contributed by atoms with Crippen LogP contribution in [0, 0.1) is 0 Å². The molecule has 0 aromatic carbocycles. The van der Waals surface area contributed by atoms with Crippen LogP contribution in [0.4, 0.5) is 0 Å². The van der Waals surface area contributed by atoms with Crippen LogP contribution >= 0.6 is 0 Å². The van der Waals surface area contributed by atoms with E-state index in [1.807, 2.05) is 0 Å². The fraction of sp³-hybridized carbons (Fsp3) is 0.929. The number of carbonyl (C=O) groups is 1. The van der Waals surface area contributed by atoms with Gasteiger partial charge in [0.25, 0.3) is 0 Å². The molecule has 0 aromatic heterocycles. The predicted molar refractivity (Wildman–Crippen MR) is 76.0 cm³/mol. The Balaban J connectivity index is 3.95. The summed E-state index contributed by atoms with van der Waals surface area (Å²) in [6.07, 6.45) is 5.02. The normalized spacial score (nSPS) is 15.1. The molecular formula is C14H30N2O2. The first-order valence-electron chi connectivity index (χ1n) is 7.03. The highest BCUT2D eigenvalue weighted by Crippen LogP contribution is 2.15. The number of nitrogens with one attached hydrogen (secondary N) is 1. The van der Waals surface area contributed by atoms with Crippen molar-refractivity contribution in [1.29, 1.82) is 0 Å². The summed E-state index contributed by atoms with van der Waals surface area (Å²) in [5.74, 6) is -0.765. The third-order valence-corrected chi connectivity index (χ3v) is 4.03. The molecule has 0 aliphatic rings. The van der Waals surface area contributed by atoms with Crippen molar-refractivity contribution in [2.45, 2.75) is 64.5 Å². The summed E-state index contributed by atoms with van der Waals surface area (Å²) in [6.45, 7) is 7.23. The Bertz CT molecular complexity index is 242. The molecule has 0 saturated heterocycles. The van der Waals surface area contributed by atoms with Gasteiger partial charge in [-0.1, -0.05) is 13.8 Å². The summed E-state index contributed by atoms with van der Waals surface area (Å²) in [4.78, 5) is 13.5. The van der Waals surface area contributed by atoms with Gasteiger partial charge >= 0.3 is 5.97 Å². The van der Waals surface area contributed by atoms with Crippen molar-refractivity contribution in [1.82, 2.24) is 10.2 Å². The molecule has 0 amide bonds. The fourth-order valence-corrected chi connectivity index (χ4v) is 2.27. The van der Waals surface area contributed by atoms with Gasteiger partial charge in [-0.25, -0.2) is 0 Å². The Kier molecular flexibility index (Phi) is 8.20. The molecule has 1 atom stereocenters. The molecule has 4 heteroatoms. The van der Waals surface area contributed by atoms with E-state index in [1.54, 1.807) is 14.0 Å². The lowest BCUT2D eigenvalue weighted by atomic mass is 9.95. The van der Waals surface area contributed by atoms with E-state index in [1.165, 1.54) is 12.8 Å². The second-order valence-corrected chi connectivity index (χ2v) is 5.30. The third kappa shape index (κ3) is 5.36. The Morgan fingerprint density at radius 1 is 1.33 bits per heavy atom. The maximum Gasteiger partial charge on any atom is 0.323 e. The quantitative estimate of drug-likeness (QED) is 0.591. The van der Waals surface area contributed by atoms with Gasteiger partial charge < -0.3 is 15.3 Å². The van der Waals surface area contributed by atoms with Crippen LogP contribution < -0.4 is 5.32 Å². The number of carboxylic acid groups (broad SMARTS) is 1. The first-order chi connectivity index (χ1) is 8.41. The van der Waals surface area contributed by atoms with Crippen molar-refractivity contribution in [2.24, 2.45) is 0 Å². The van der Waals surface area contributed by atoms with Gasteiger partial charge in [0.05, 0.1) is 0 Å². The Morgan fingerprint density at radius 3 is 2.28 bits per heavy atom. The van der Waals surface area contributed by atoms with Crippen LogP contribution in [0.3, 0.4) is 0 Å². The summed E-state index contributed by atoms with van der Waals surface area (Å²) in [7, 11) is 3.87. The Hall–Kier alpha value is -0.610. The molecule has 4 nitrogen and oxygen atoms in total. The molecule has 0 fully saturated rings. The third-order valence-electron chi connectivity index (χ3n) is 4.03. The monoisotopic (exact) mass is 258 g/mol. The van der Waals surface area contributed by atoms with Crippen LogP contribution in [0.2, 0.25) is 0 Å². The highest BCUT2D eigenvalue weighted by atomic mass is 16.4. The number of aliphatic carboxylic acids is 1. The molecule has 0 aliphatic heterocycles. The molecule has 0 aliphatic carbocycles. The van der Waals surface area contributed by atoms with Crippen LogP contribution in [0.5, 0.6) is 0 Å². The van der Waals surface area contributed by atoms with E-state index in [2.05, 4.69) is 31.1 Å². The van der Waals surface area contributed by atoms with E-state index in [9.17, 15) is 4.79 Å². The molecule has 2 N–H and O–H groups in total. The maximum atomic E-state index is 11.1. The van der Waals surface area contributed by atoms with Crippen molar-refractivity contribution < 1.29 is 9.90 Å².